The molecule has 4 rings (SSSR count). The zero-order valence-electron chi connectivity index (χ0n) is 20.1. The molecule has 1 aliphatic heterocycles. The summed E-state index contributed by atoms with van der Waals surface area (Å²) < 4.78 is 2.04. The van der Waals surface area contributed by atoms with E-state index >= 15 is 0 Å². The van der Waals surface area contributed by atoms with Crippen molar-refractivity contribution < 1.29 is 24.4 Å². The zero-order valence-corrected chi connectivity index (χ0v) is 21.1. The molecule has 1 aromatic carbocycles. The van der Waals surface area contributed by atoms with E-state index in [9.17, 15) is 19.8 Å². The Labute approximate surface area is 199 Å². The van der Waals surface area contributed by atoms with Gasteiger partial charge in [0, 0.05) is 49.3 Å². The lowest BCUT2D eigenvalue weighted by Crippen LogP contribution is -2.49. The molecule has 2 aromatic rings. The van der Waals surface area contributed by atoms with Crippen LogP contribution in [-0.2, 0) is 0 Å². The second kappa shape index (κ2) is 8.21. The van der Waals surface area contributed by atoms with Gasteiger partial charge in [0.15, 0.2) is 11.4 Å². The number of benzene rings is 1. The first-order chi connectivity index (χ1) is 15.9. The Morgan fingerprint density at radius 3 is 2.38 bits per heavy atom. The Bertz CT molecular complexity index is 1380. The highest BCUT2D eigenvalue weighted by atomic mass is 28.3. The van der Waals surface area contributed by atoms with Gasteiger partial charge < -0.3 is 19.9 Å². The number of pyridine rings is 1. The summed E-state index contributed by atoms with van der Waals surface area (Å²) in [6, 6.07) is 7.55. The van der Waals surface area contributed by atoms with Crippen molar-refractivity contribution in [3.63, 3.8) is 0 Å². The Morgan fingerprint density at radius 1 is 1.09 bits per heavy atom. The van der Waals surface area contributed by atoms with E-state index in [2.05, 4.69) is 30.2 Å². The van der Waals surface area contributed by atoms with Crippen molar-refractivity contribution in [2.45, 2.75) is 13.1 Å². The van der Waals surface area contributed by atoms with Crippen LogP contribution in [0, 0.1) is 0 Å². The summed E-state index contributed by atoms with van der Waals surface area (Å²) in [5.41, 5.74) is 4.52. The van der Waals surface area contributed by atoms with Crippen molar-refractivity contribution in [3.8, 4) is 0 Å². The number of allylic oxidation sites excluding steroid dienone is 5. The Morgan fingerprint density at radius 2 is 1.79 bits per heavy atom. The summed E-state index contributed by atoms with van der Waals surface area (Å²) in [4.78, 5) is 29.8. The van der Waals surface area contributed by atoms with Crippen molar-refractivity contribution in [2.75, 3.05) is 33.1 Å². The number of anilines is 1. The molecule has 1 N–H and O–H groups in total. The lowest BCUT2D eigenvalue weighted by molar-refractivity contribution is -0.462. The summed E-state index contributed by atoms with van der Waals surface area (Å²) in [5, 5.41) is 23.9. The monoisotopic (exact) mass is 473 g/mol. The molecule has 0 saturated heterocycles. The molecule has 0 amide bonds. The quantitative estimate of drug-likeness (QED) is 0.536. The third kappa shape index (κ3) is 3.69. The molecule has 174 valence electrons. The molecule has 0 spiro atoms. The standard InChI is InChI=1S/C26H27N3O4Si/c1-28(2)16-7-9-18-21(12-16)34(5,6)22-13-17(29(3)4)8-10-19(22)23(18)20-11-15(25(30)31)14-27-24(20)26(32)33/h7-14H,1-6H3,(H-,30,31,32,33). The lowest BCUT2D eigenvalue weighted by atomic mass is 9.88. The number of carboxylic acids is 2. The summed E-state index contributed by atoms with van der Waals surface area (Å²) in [5.74, 6) is -2.62. The van der Waals surface area contributed by atoms with Gasteiger partial charge in [-0.2, -0.15) is 0 Å². The van der Waals surface area contributed by atoms with Crippen LogP contribution < -0.4 is 15.2 Å². The van der Waals surface area contributed by atoms with E-state index in [0.29, 0.717) is 5.57 Å². The first-order valence-electron chi connectivity index (χ1n) is 10.9. The Hall–Kier alpha value is -3.78. The number of nitrogens with zero attached hydrogens (tertiary/aromatic N) is 3. The first kappa shape index (κ1) is 23.4. The SMILES string of the molecule is CN(C)c1ccc2c(c1)[Si](C)(C)C1=CC(=[N+](C)C)C=CC1=C2c1cc(C(=O)[O-])cnc1C(=O)O. The summed E-state index contributed by atoms with van der Waals surface area (Å²) in [6.07, 6.45) is 7.22. The molecule has 0 saturated carbocycles. The van der Waals surface area contributed by atoms with Crippen LogP contribution in [0.15, 0.2) is 59.5 Å². The van der Waals surface area contributed by atoms with Crippen LogP contribution >= 0.6 is 0 Å². The third-order valence-corrected chi connectivity index (χ3v) is 10.0. The van der Waals surface area contributed by atoms with Gasteiger partial charge in [0.1, 0.15) is 22.2 Å². The average Bonchev–Trinajstić information content (AvgIpc) is 2.78. The number of rotatable bonds is 4. The normalized spacial score (nSPS) is 15.9. The second-order valence-corrected chi connectivity index (χ2v) is 13.8. The van der Waals surface area contributed by atoms with Gasteiger partial charge >= 0.3 is 5.97 Å². The highest BCUT2D eigenvalue weighted by Crippen LogP contribution is 2.42. The van der Waals surface area contributed by atoms with Gasteiger partial charge in [0.2, 0.25) is 0 Å². The van der Waals surface area contributed by atoms with Crippen LogP contribution in [0.2, 0.25) is 13.1 Å². The maximum atomic E-state index is 12.1. The number of hydrogen-bond acceptors (Lipinski definition) is 5. The van der Waals surface area contributed by atoms with E-state index in [4.69, 9.17) is 0 Å². The van der Waals surface area contributed by atoms with E-state index < -0.39 is 20.0 Å². The molecular weight excluding hydrogens is 446 g/mol. The van der Waals surface area contributed by atoms with Crippen LogP contribution in [0.5, 0.6) is 0 Å². The number of carbonyl (C=O) groups is 2. The molecule has 2 heterocycles. The highest BCUT2D eigenvalue weighted by Gasteiger charge is 2.41. The minimum absolute atomic E-state index is 0.160. The number of carboxylic acid groups (broad SMARTS) is 2. The number of hydrogen-bond donors (Lipinski definition) is 1. The molecule has 0 fully saturated rings. The van der Waals surface area contributed by atoms with Crippen LogP contribution in [0.1, 0.15) is 32.0 Å². The van der Waals surface area contributed by atoms with Crippen molar-refractivity contribution in [3.05, 3.63) is 81.8 Å². The summed E-state index contributed by atoms with van der Waals surface area (Å²) in [6.45, 7) is 4.57. The largest absolute Gasteiger partial charge is 0.545 e. The molecule has 0 atom stereocenters. The van der Waals surface area contributed by atoms with Gasteiger partial charge in [-0.3, -0.25) is 0 Å². The van der Waals surface area contributed by atoms with Gasteiger partial charge in [-0.15, -0.1) is 0 Å². The molecule has 7 nitrogen and oxygen atoms in total. The van der Waals surface area contributed by atoms with E-state index in [-0.39, 0.29) is 16.8 Å². The number of carbonyl (C=O) groups excluding carboxylic acids is 1. The molecule has 2 aliphatic rings. The van der Waals surface area contributed by atoms with Gasteiger partial charge in [0.25, 0.3) is 0 Å². The fourth-order valence-electron chi connectivity index (χ4n) is 4.61. The average molecular weight is 474 g/mol. The lowest BCUT2D eigenvalue weighted by Gasteiger charge is -2.38. The van der Waals surface area contributed by atoms with Crippen LogP contribution in [0.25, 0.3) is 5.57 Å². The maximum absolute atomic E-state index is 12.1. The molecule has 0 unspecified atom stereocenters. The van der Waals surface area contributed by atoms with E-state index in [1.807, 2.05) is 62.0 Å². The Kier molecular flexibility index (Phi) is 5.65. The minimum atomic E-state index is -2.21. The van der Waals surface area contributed by atoms with Gasteiger partial charge in [-0.25, -0.2) is 14.4 Å². The Balaban J connectivity index is 2.17. The van der Waals surface area contributed by atoms with Crippen LogP contribution in [0.3, 0.4) is 0 Å². The predicted molar refractivity (Wildman–Crippen MR) is 134 cm³/mol. The van der Waals surface area contributed by atoms with E-state index in [1.54, 1.807) is 0 Å². The number of fused-ring (bicyclic) bond motifs is 2. The molecule has 34 heavy (non-hydrogen) atoms. The van der Waals surface area contributed by atoms with Crippen molar-refractivity contribution >= 4 is 42.2 Å². The topological polar surface area (TPSA) is 96.6 Å². The highest BCUT2D eigenvalue weighted by molar-refractivity contribution is 6.98. The maximum Gasteiger partial charge on any atom is 0.355 e. The van der Waals surface area contributed by atoms with E-state index in [1.165, 1.54) is 6.07 Å². The third-order valence-electron chi connectivity index (χ3n) is 6.52. The number of aromatic nitrogens is 1. The fourth-order valence-corrected chi connectivity index (χ4v) is 7.68. The van der Waals surface area contributed by atoms with Gasteiger partial charge in [-0.05, 0) is 51.4 Å². The van der Waals surface area contributed by atoms with Gasteiger partial charge in [0.05, 0.1) is 5.97 Å². The van der Waals surface area contributed by atoms with E-state index in [0.717, 1.165) is 39.1 Å². The summed E-state index contributed by atoms with van der Waals surface area (Å²) >= 11 is 0. The van der Waals surface area contributed by atoms with Crippen LogP contribution in [-0.4, -0.2) is 68.6 Å². The molecule has 1 aliphatic carbocycles. The van der Waals surface area contributed by atoms with Gasteiger partial charge in [-0.1, -0.05) is 19.2 Å². The molecule has 0 bridgehead atoms. The van der Waals surface area contributed by atoms with Crippen LogP contribution in [0.4, 0.5) is 5.69 Å². The van der Waals surface area contributed by atoms with Crippen molar-refractivity contribution in [2.24, 2.45) is 0 Å². The minimum Gasteiger partial charge on any atom is -0.545 e. The molecule has 8 heteroatoms. The molecular formula is C26H27N3O4Si. The summed E-state index contributed by atoms with van der Waals surface area (Å²) in [7, 11) is 5.72. The first-order valence-corrected chi connectivity index (χ1v) is 13.9. The zero-order chi connectivity index (χ0) is 24.9. The van der Waals surface area contributed by atoms with Crippen molar-refractivity contribution in [1.82, 2.24) is 4.98 Å². The second-order valence-electron chi connectivity index (χ2n) is 9.46. The fraction of sp³-hybridized carbons (Fsp3) is 0.231. The van der Waals surface area contributed by atoms with Crippen molar-refractivity contribution in [1.29, 1.82) is 0 Å². The molecule has 1 aromatic heterocycles. The molecule has 0 radical (unpaired) electrons. The predicted octanol–water partition coefficient (Wildman–Crippen LogP) is 1.69. The smallest absolute Gasteiger partial charge is 0.355 e. The number of aromatic carboxylic acids is 2.